The van der Waals surface area contributed by atoms with Crippen molar-refractivity contribution in [2.24, 2.45) is 0 Å². The SMILES string of the molecule is CCS(=O)(=O)N1CCN(S(=O)(=O)c2ccc(Br)cc2Br)CC1. The fourth-order valence-electron chi connectivity index (χ4n) is 2.19. The number of hydrogen-bond donors (Lipinski definition) is 0. The average molecular weight is 476 g/mol. The van der Waals surface area contributed by atoms with Gasteiger partial charge in [0.25, 0.3) is 0 Å². The molecule has 0 spiro atoms. The van der Waals surface area contributed by atoms with Crippen LogP contribution in [0.5, 0.6) is 0 Å². The molecule has 6 nitrogen and oxygen atoms in total. The van der Waals surface area contributed by atoms with E-state index >= 15 is 0 Å². The van der Waals surface area contributed by atoms with Gasteiger partial charge in [-0.2, -0.15) is 8.61 Å². The van der Waals surface area contributed by atoms with Crippen LogP contribution in [-0.2, 0) is 20.0 Å². The summed E-state index contributed by atoms with van der Waals surface area (Å²) in [7, 11) is -6.91. The molecule has 0 amide bonds. The van der Waals surface area contributed by atoms with Crippen molar-refractivity contribution >= 4 is 51.9 Å². The largest absolute Gasteiger partial charge is 0.244 e. The van der Waals surface area contributed by atoms with Gasteiger partial charge in [0.1, 0.15) is 0 Å². The minimum atomic E-state index is -3.64. The lowest BCUT2D eigenvalue weighted by Gasteiger charge is -2.33. The van der Waals surface area contributed by atoms with E-state index < -0.39 is 20.0 Å². The number of halogens is 2. The van der Waals surface area contributed by atoms with Crippen LogP contribution in [0.1, 0.15) is 6.92 Å². The van der Waals surface area contributed by atoms with E-state index in [4.69, 9.17) is 0 Å². The quantitative estimate of drug-likeness (QED) is 0.666. The highest BCUT2D eigenvalue weighted by molar-refractivity contribution is 9.11. The highest BCUT2D eigenvalue weighted by Gasteiger charge is 2.33. The molecule has 0 saturated carbocycles. The Labute approximate surface area is 147 Å². The maximum atomic E-state index is 12.7. The van der Waals surface area contributed by atoms with Crippen molar-refractivity contribution in [1.82, 2.24) is 8.61 Å². The van der Waals surface area contributed by atoms with E-state index in [-0.39, 0.29) is 36.8 Å². The molecule has 1 saturated heterocycles. The van der Waals surface area contributed by atoms with Crippen LogP contribution in [0.25, 0.3) is 0 Å². The van der Waals surface area contributed by atoms with Gasteiger partial charge in [0.05, 0.1) is 10.6 Å². The molecule has 1 fully saturated rings. The lowest BCUT2D eigenvalue weighted by Crippen LogP contribution is -2.50. The topological polar surface area (TPSA) is 74.8 Å². The first-order valence-electron chi connectivity index (χ1n) is 6.61. The van der Waals surface area contributed by atoms with Crippen LogP contribution in [-0.4, -0.2) is 57.4 Å². The van der Waals surface area contributed by atoms with Gasteiger partial charge in [-0.15, -0.1) is 0 Å². The van der Waals surface area contributed by atoms with Gasteiger partial charge in [-0.1, -0.05) is 15.9 Å². The predicted octanol–water partition coefficient (Wildman–Crippen LogP) is 1.87. The summed E-state index contributed by atoms with van der Waals surface area (Å²) in [5.74, 6) is 0.0258. The first-order chi connectivity index (χ1) is 10.2. The van der Waals surface area contributed by atoms with Crippen molar-refractivity contribution in [2.75, 3.05) is 31.9 Å². The summed E-state index contributed by atoms with van der Waals surface area (Å²) in [5.41, 5.74) is 0. The highest BCUT2D eigenvalue weighted by Crippen LogP contribution is 2.28. The van der Waals surface area contributed by atoms with Crippen LogP contribution in [0.4, 0.5) is 0 Å². The third kappa shape index (κ3) is 3.73. The van der Waals surface area contributed by atoms with E-state index in [1.165, 1.54) is 14.7 Å². The second kappa shape index (κ2) is 6.86. The van der Waals surface area contributed by atoms with Gasteiger partial charge in [-0.3, -0.25) is 0 Å². The lowest BCUT2D eigenvalue weighted by atomic mass is 10.4. The van der Waals surface area contributed by atoms with Gasteiger partial charge in [0.2, 0.25) is 20.0 Å². The molecule has 1 aromatic carbocycles. The van der Waals surface area contributed by atoms with Crippen molar-refractivity contribution < 1.29 is 16.8 Å². The number of nitrogens with zero attached hydrogens (tertiary/aromatic N) is 2. The Morgan fingerprint density at radius 1 is 1.00 bits per heavy atom. The summed E-state index contributed by atoms with van der Waals surface area (Å²) < 4.78 is 52.9. The first-order valence-corrected chi connectivity index (χ1v) is 11.2. The van der Waals surface area contributed by atoms with Crippen LogP contribution >= 0.6 is 31.9 Å². The van der Waals surface area contributed by atoms with E-state index in [2.05, 4.69) is 31.9 Å². The third-order valence-corrected chi connectivity index (χ3v) is 8.72. The van der Waals surface area contributed by atoms with Gasteiger partial charge in [0.15, 0.2) is 0 Å². The fourth-order valence-corrected chi connectivity index (χ4v) is 6.41. The van der Waals surface area contributed by atoms with Crippen molar-refractivity contribution in [3.63, 3.8) is 0 Å². The summed E-state index contributed by atoms with van der Waals surface area (Å²) in [5, 5.41) is 0. The highest BCUT2D eigenvalue weighted by atomic mass is 79.9. The summed E-state index contributed by atoms with van der Waals surface area (Å²) in [6.45, 7) is 2.26. The number of benzene rings is 1. The number of rotatable bonds is 4. The third-order valence-electron chi connectivity index (χ3n) is 3.47. The monoisotopic (exact) mass is 474 g/mol. The Morgan fingerprint density at radius 3 is 2.05 bits per heavy atom. The summed E-state index contributed by atoms with van der Waals surface area (Å²) >= 11 is 6.55. The molecule has 2 rings (SSSR count). The number of piperazine rings is 1. The molecule has 1 aliphatic rings. The Bertz CT molecular complexity index is 757. The molecule has 0 aliphatic carbocycles. The van der Waals surface area contributed by atoms with Crippen molar-refractivity contribution in [3.05, 3.63) is 27.1 Å². The van der Waals surface area contributed by atoms with E-state index in [0.29, 0.717) is 4.47 Å². The summed E-state index contributed by atoms with van der Waals surface area (Å²) in [6, 6.07) is 4.86. The molecule has 1 aliphatic heterocycles. The smallest absolute Gasteiger partial charge is 0.212 e. The fraction of sp³-hybridized carbons (Fsp3) is 0.500. The van der Waals surface area contributed by atoms with E-state index in [9.17, 15) is 16.8 Å². The molecule has 124 valence electrons. The average Bonchev–Trinajstić information content (AvgIpc) is 2.47. The van der Waals surface area contributed by atoms with Crippen LogP contribution in [0.2, 0.25) is 0 Å². The van der Waals surface area contributed by atoms with E-state index in [1.54, 1.807) is 19.1 Å². The molecule has 0 radical (unpaired) electrons. The minimum Gasteiger partial charge on any atom is -0.212 e. The Morgan fingerprint density at radius 2 is 1.55 bits per heavy atom. The van der Waals surface area contributed by atoms with Crippen molar-refractivity contribution in [3.8, 4) is 0 Å². The molecule has 0 N–H and O–H groups in total. The van der Waals surface area contributed by atoms with Crippen LogP contribution < -0.4 is 0 Å². The molecule has 0 atom stereocenters. The molecular formula is C12H16Br2N2O4S2. The zero-order valence-electron chi connectivity index (χ0n) is 11.9. The summed E-state index contributed by atoms with van der Waals surface area (Å²) in [6.07, 6.45) is 0. The van der Waals surface area contributed by atoms with Gasteiger partial charge >= 0.3 is 0 Å². The van der Waals surface area contributed by atoms with E-state index in [1.807, 2.05) is 0 Å². The summed E-state index contributed by atoms with van der Waals surface area (Å²) in [4.78, 5) is 0.183. The van der Waals surface area contributed by atoms with Gasteiger partial charge < -0.3 is 0 Å². The predicted molar refractivity (Wildman–Crippen MR) is 91.6 cm³/mol. The van der Waals surface area contributed by atoms with Crippen LogP contribution in [0.15, 0.2) is 32.0 Å². The standard InChI is InChI=1S/C12H16Br2N2O4S2/c1-2-21(17,18)15-5-7-16(8-6-15)22(19,20)12-4-3-10(13)9-11(12)14/h3-4,9H,2,5-8H2,1H3. The Kier molecular flexibility index (Phi) is 5.72. The van der Waals surface area contributed by atoms with Gasteiger partial charge in [-0.25, -0.2) is 16.8 Å². The van der Waals surface area contributed by atoms with Crippen molar-refractivity contribution in [2.45, 2.75) is 11.8 Å². The molecule has 0 aromatic heterocycles. The van der Waals surface area contributed by atoms with Crippen LogP contribution in [0, 0.1) is 0 Å². The van der Waals surface area contributed by atoms with Gasteiger partial charge in [0, 0.05) is 35.1 Å². The Hall–Kier alpha value is -0.000000000000000111. The maximum absolute atomic E-state index is 12.7. The van der Waals surface area contributed by atoms with Crippen molar-refractivity contribution in [1.29, 1.82) is 0 Å². The normalized spacial score (nSPS) is 18.5. The lowest BCUT2D eigenvalue weighted by molar-refractivity contribution is 0.273. The molecule has 1 heterocycles. The van der Waals surface area contributed by atoms with Crippen LogP contribution in [0.3, 0.4) is 0 Å². The molecule has 1 aromatic rings. The zero-order valence-corrected chi connectivity index (χ0v) is 16.7. The molecule has 22 heavy (non-hydrogen) atoms. The number of sulfonamides is 2. The first kappa shape index (κ1) is 18.3. The molecular weight excluding hydrogens is 460 g/mol. The molecule has 10 heteroatoms. The molecule has 0 unspecified atom stereocenters. The number of hydrogen-bond acceptors (Lipinski definition) is 4. The second-order valence-electron chi connectivity index (χ2n) is 4.78. The maximum Gasteiger partial charge on any atom is 0.244 e. The van der Waals surface area contributed by atoms with E-state index in [0.717, 1.165) is 4.47 Å². The molecule has 0 bridgehead atoms. The zero-order chi connectivity index (χ0) is 16.5. The minimum absolute atomic E-state index is 0.0258. The Balaban J connectivity index is 2.20. The second-order valence-corrected chi connectivity index (χ2v) is 10.7. The van der Waals surface area contributed by atoms with Gasteiger partial charge in [-0.05, 0) is 41.1 Å².